The number of nitrogens with one attached hydrogen (secondary N) is 1. The van der Waals surface area contributed by atoms with E-state index in [0.717, 1.165) is 19.0 Å². The number of carboxylic acid groups (broad SMARTS) is 1. The summed E-state index contributed by atoms with van der Waals surface area (Å²) in [5.41, 5.74) is 1.57. The Morgan fingerprint density at radius 1 is 1.03 bits per heavy atom. The summed E-state index contributed by atoms with van der Waals surface area (Å²) in [7, 11) is 0. The number of fused-ring (bicyclic) bond motifs is 1. The summed E-state index contributed by atoms with van der Waals surface area (Å²) in [6, 6.07) is 14.5. The molecule has 1 aliphatic heterocycles. The van der Waals surface area contributed by atoms with E-state index in [4.69, 9.17) is 11.6 Å². The maximum absolute atomic E-state index is 14.1. The zero-order valence-electron chi connectivity index (χ0n) is 18.5. The molecule has 2 aromatic heterocycles. The molecular formula is C25H21ClFN5O3. The quantitative estimate of drug-likeness (QED) is 0.406. The highest BCUT2D eigenvalue weighted by atomic mass is 35.5. The molecule has 1 amide bonds. The highest BCUT2D eigenvalue weighted by molar-refractivity contribution is 6.33. The van der Waals surface area contributed by atoms with E-state index in [1.165, 1.54) is 28.4 Å². The van der Waals surface area contributed by atoms with E-state index < -0.39 is 11.8 Å². The lowest BCUT2D eigenvalue weighted by atomic mass is 9.89. The maximum Gasteiger partial charge on any atom is 0.341 e. The van der Waals surface area contributed by atoms with Crippen molar-refractivity contribution in [3.8, 4) is 0 Å². The first-order valence-electron chi connectivity index (χ1n) is 11.1. The van der Waals surface area contributed by atoms with Crippen LogP contribution in [0.25, 0.3) is 5.65 Å². The highest BCUT2D eigenvalue weighted by Gasteiger charge is 2.28. The van der Waals surface area contributed by atoms with E-state index in [-0.39, 0.29) is 39.2 Å². The van der Waals surface area contributed by atoms with E-state index in [1.54, 1.807) is 11.0 Å². The molecule has 1 aliphatic rings. The molecule has 0 bridgehead atoms. The zero-order chi connectivity index (χ0) is 24.5. The van der Waals surface area contributed by atoms with Crippen LogP contribution in [0.15, 0.2) is 60.9 Å². The molecule has 2 N–H and O–H groups in total. The van der Waals surface area contributed by atoms with Gasteiger partial charge in [-0.1, -0.05) is 48.0 Å². The number of nitrogens with zero attached hydrogens (tertiary/aromatic N) is 4. The van der Waals surface area contributed by atoms with Gasteiger partial charge in [-0.3, -0.25) is 4.79 Å². The summed E-state index contributed by atoms with van der Waals surface area (Å²) in [6.45, 7) is 1.10. The standard InChI is InChI=1S/C25H21ClFN5O3/c26-21-19(27)7-4-8-20(21)30-23-17(13-28-22-18(25(34)35)14-29-32(22)23)24(33)31-11-9-16(10-12-31)15-5-2-1-3-6-15/h1-8,13-14,16,30H,9-12H2,(H,34,35). The van der Waals surface area contributed by atoms with Gasteiger partial charge < -0.3 is 15.3 Å². The third-order valence-corrected chi connectivity index (χ3v) is 6.63. The van der Waals surface area contributed by atoms with Crippen molar-refractivity contribution in [3.05, 3.63) is 88.5 Å². The molecule has 4 aromatic rings. The number of piperidine rings is 1. The van der Waals surface area contributed by atoms with Gasteiger partial charge in [-0.25, -0.2) is 14.2 Å². The number of aromatic nitrogens is 3. The molecule has 35 heavy (non-hydrogen) atoms. The third-order valence-electron chi connectivity index (χ3n) is 6.25. The predicted molar refractivity (Wildman–Crippen MR) is 129 cm³/mol. The minimum Gasteiger partial charge on any atom is -0.477 e. The van der Waals surface area contributed by atoms with Crippen molar-refractivity contribution < 1.29 is 19.1 Å². The van der Waals surface area contributed by atoms with Gasteiger partial charge in [-0.2, -0.15) is 9.61 Å². The Hall–Kier alpha value is -3.98. The minimum atomic E-state index is -1.20. The van der Waals surface area contributed by atoms with Gasteiger partial charge in [0.25, 0.3) is 5.91 Å². The number of likely N-dealkylation sites (tertiary alicyclic amines) is 1. The van der Waals surface area contributed by atoms with Crippen LogP contribution in [0.1, 0.15) is 45.0 Å². The molecule has 0 spiro atoms. The van der Waals surface area contributed by atoms with Gasteiger partial charge in [0.05, 0.1) is 16.9 Å². The van der Waals surface area contributed by atoms with Crippen LogP contribution in [0.5, 0.6) is 0 Å². The van der Waals surface area contributed by atoms with Crippen LogP contribution in [-0.4, -0.2) is 49.6 Å². The summed E-state index contributed by atoms with van der Waals surface area (Å²) < 4.78 is 15.3. The Morgan fingerprint density at radius 2 is 1.77 bits per heavy atom. The lowest BCUT2D eigenvalue weighted by Gasteiger charge is -2.32. The first-order valence-corrected chi connectivity index (χ1v) is 11.5. The topological polar surface area (TPSA) is 99.8 Å². The average molecular weight is 494 g/mol. The molecule has 0 unspecified atom stereocenters. The lowest BCUT2D eigenvalue weighted by Crippen LogP contribution is -2.38. The lowest BCUT2D eigenvalue weighted by molar-refractivity contribution is 0.0695. The van der Waals surface area contributed by atoms with Crippen LogP contribution in [0, 0.1) is 5.82 Å². The smallest absolute Gasteiger partial charge is 0.341 e. The highest BCUT2D eigenvalue weighted by Crippen LogP contribution is 2.32. The summed E-state index contributed by atoms with van der Waals surface area (Å²) >= 11 is 6.13. The largest absolute Gasteiger partial charge is 0.477 e. The van der Waals surface area contributed by atoms with Crippen molar-refractivity contribution in [1.82, 2.24) is 19.5 Å². The molecule has 5 rings (SSSR count). The average Bonchev–Trinajstić information content (AvgIpc) is 3.32. The second-order valence-electron chi connectivity index (χ2n) is 8.32. The first kappa shape index (κ1) is 22.8. The predicted octanol–water partition coefficient (Wildman–Crippen LogP) is 4.98. The van der Waals surface area contributed by atoms with E-state index in [0.29, 0.717) is 19.0 Å². The van der Waals surface area contributed by atoms with Crippen LogP contribution in [0.3, 0.4) is 0 Å². The summed E-state index contributed by atoms with van der Waals surface area (Å²) in [4.78, 5) is 31.1. The number of hydrogen-bond donors (Lipinski definition) is 2. The SMILES string of the molecule is O=C(O)c1cnn2c(Nc3cccc(F)c3Cl)c(C(=O)N3CCC(c4ccccc4)CC3)cnc12. The van der Waals surface area contributed by atoms with Gasteiger partial charge in [-0.15, -0.1) is 0 Å². The van der Waals surface area contributed by atoms with Crippen molar-refractivity contribution in [2.24, 2.45) is 0 Å². The number of carbonyl (C=O) groups excluding carboxylic acids is 1. The van der Waals surface area contributed by atoms with Crippen molar-refractivity contribution in [2.45, 2.75) is 18.8 Å². The summed E-state index contributed by atoms with van der Waals surface area (Å²) in [5, 5.41) is 16.4. The number of benzene rings is 2. The van der Waals surface area contributed by atoms with Crippen LogP contribution in [0.2, 0.25) is 5.02 Å². The third kappa shape index (κ3) is 4.30. The zero-order valence-corrected chi connectivity index (χ0v) is 19.2. The Labute approximate surface area is 205 Å². The summed E-state index contributed by atoms with van der Waals surface area (Å²) in [6.07, 6.45) is 4.11. The van der Waals surface area contributed by atoms with Crippen molar-refractivity contribution in [3.63, 3.8) is 0 Å². The van der Waals surface area contributed by atoms with E-state index >= 15 is 0 Å². The van der Waals surface area contributed by atoms with Gasteiger partial charge in [0, 0.05) is 19.3 Å². The maximum atomic E-state index is 14.1. The van der Waals surface area contributed by atoms with E-state index in [2.05, 4.69) is 27.5 Å². The van der Waals surface area contributed by atoms with Crippen molar-refractivity contribution in [1.29, 1.82) is 0 Å². The number of amides is 1. The van der Waals surface area contributed by atoms with Crippen molar-refractivity contribution in [2.75, 3.05) is 18.4 Å². The second kappa shape index (κ2) is 9.34. The molecule has 1 saturated heterocycles. The van der Waals surface area contributed by atoms with Gasteiger partial charge in [-0.05, 0) is 36.5 Å². The minimum absolute atomic E-state index is 0.0480. The van der Waals surface area contributed by atoms with Crippen LogP contribution in [-0.2, 0) is 0 Å². The van der Waals surface area contributed by atoms with Gasteiger partial charge in [0.2, 0.25) is 0 Å². The molecule has 2 aromatic carbocycles. The number of carbonyl (C=O) groups is 2. The fourth-order valence-corrected chi connectivity index (χ4v) is 4.57. The number of anilines is 2. The second-order valence-corrected chi connectivity index (χ2v) is 8.70. The van der Waals surface area contributed by atoms with Crippen LogP contribution in [0.4, 0.5) is 15.9 Å². The fourth-order valence-electron chi connectivity index (χ4n) is 4.40. The number of halogens is 2. The Bertz CT molecular complexity index is 1420. The van der Waals surface area contributed by atoms with Gasteiger partial charge >= 0.3 is 5.97 Å². The van der Waals surface area contributed by atoms with Crippen LogP contribution < -0.4 is 5.32 Å². The molecule has 0 saturated carbocycles. The molecule has 10 heteroatoms. The molecule has 0 atom stereocenters. The number of carboxylic acids is 1. The molecular weight excluding hydrogens is 473 g/mol. The molecule has 0 radical (unpaired) electrons. The van der Waals surface area contributed by atoms with Gasteiger partial charge in [0.15, 0.2) is 5.65 Å². The molecule has 0 aliphatic carbocycles. The summed E-state index contributed by atoms with van der Waals surface area (Å²) in [5.74, 6) is -1.60. The van der Waals surface area contributed by atoms with E-state index in [9.17, 15) is 19.1 Å². The fraction of sp³-hybridized carbons (Fsp3) is 0.200. The Morgan fingerprint density at radius 3 is 2.49 bits per heavy atom. The number of aromatic carboxylic acids is 1. The monoisotopic (exact) mass is 493 g/mol. The Balaban J connectivity index is 1.49. The molecule has 178 valence electrons. The van der Waals surface area contributed by atoms with Gasteiger partial charge in [0.1, 0.15) is 22.8 Å². The molecule has 1 fully saturated rings. The molecule has 8 nitrogen and oxygen atoms in total. The number of rotatable bonds is 5. The van der Waals surface area contributed by atoms with Crippen LogP contribution >= 0.6 is 11.6 Å². The normalized spacial score (nSPS) is 14.3. The number of hydrogen-bond acceptors (Lipinski definition) is 5. The Kier molecular flexibility index (Phi) is 6.08. The van der Waals surface area contributed by atoms with E-state index in [1.807, 2.05) is 18.2 Å². The van der Waals surface area contributed by atoms with Crippen molar-refractivity contribution >= 4 is 40.6 Å². The molecule has 3 heterocycles. The first-order chi connectivity index (χ1) is 16.9.